The Labute approximate surface area is 133 Å². The van der Waals surface area contributed by atoms with Gasteiger partial charge in [-0.15, -0.1) is 0 Å². The van der Waals surface area contributed by atoms with Crippen LogP contribution in [0.25, 0.3) is 0 Å². The van der Waals surface area contributed by atoms with Crippen LogP contribution in [0, 0.1) is 16.0 Å². The molecule has 2 aliphatic rings. The van der Waals surface area contributed by atoms with E-state index in [0.717, 1.165) is 24.4 Å². The summed E-state index contributed by atoms with van der Waals surface area (Å²) in [5, 5.41) is 15.0. The van der Waals surface area contributed by atoms with Crippen LogP contribution in [0.3, 0.4) is 0 Å². The zero-order chi connectivity index (χ0) is 16.2. The molecule has 2 unspecified atom stereocenters. The van der Waals surface area contributed by atoms with Crippen LogP contribution in [-0.2, 0) is 14.3 Å². The smallest absolute Gasteiger partial charge is 0.269 e. The minimum absolute atomic E-state index is 0.0421. The number of rotatable bonds is 5. The molecular weight excluding hydrogens is 302 g/mol. The summed E-state index contributed by atoms with van der Waals surface area (Å²) in [5.74, 6) is -0.0421. The minimum Gasteiger partial charge on any atom is -0.384 e. The summed E-state index contributed by atoms with van der Waals surface area (Å²) >= 11 is 0. The second-order valence-electron chi connectivity index (χ2n) is 5.49. The maximum Gasteiger partial charge on any atom is 0.269 e. The highest BCUT2D eigenvalue weighted by Gasteiger charge is 2.39. The highest BCUT2D eigenvalue weighted by molar-refractivity contribution is 6.03. The maximum absolute atomic E-state index is 10.8. The van der Waals surface area contributed by atoms with Gasteiger partial charge in [-0.25, -0.2) is 0 Å². The molecular formula is C15H19N3O5. The van der Waals surface area contributed by atoms with Crippen LogP contribution in [0.1, 0.15) is 5.56 Å². The number of ether oxygens (including phenoxy) is 2. The molecule has 0 saturated carbocycles. The molecule has 0 N–H and O–H groups in total. The van der Waals surface area contributed by atoms with Crippen LogP contribution in [-0.4, -0.2) is 61.8 Å². The number of hydrogen-bond donors (Lipinski definition) is 0. The summed E-state index contributed by atoms with van der Waals surface area (Å²) in [6, 6.07) is 6.35. The van der Waals surface area contributed by atoms with Crippen LogP contribution in [0.4, 0.5) is 5.69 Å². The number of non-ortho nitro benzene ring substituents is 1. The second kappa shape index (κ2) is 7.03. The van der Waals surface area contributed by atoms with Gasteiger partial charge in [-0.1, -0.05) is 5.16 Å². The van der Waals surface area contributed by atoms with Crippen LogP contribution < -0.4 is 0 Å². The number of hydrogen-bond acceptors (Lipinski definition) is 7. The number of morpholine rings is 1. The van der Waals surface area contributed by atoms with Gasteiger partial charge in [-0.2, -0.15) is 0 Å². The Morgan fingerprint density at radius 2 is 2.04 bits per heavy atom. The molecule has 2 aliphatic heterocycles. The number of nitro groups is 1. The second-order valence-corrected chi connectivity index (χ2v) is 5.49. The first-order chi connectivity index (χ1) is 11.2. The molecule has 8 nitrogen and oxygen atoms in total. The lowest BCUT2D eigenvalue weighted by Crippen LogP contribution is -2.48. The molecule has 2 atom stereocenters. The molecule has 2 heterocycles. The molecule has 1 fully saturated rings. The molecule has 1 aromatic carbocycles. The molecule has 1 saturated heterocycles. The Hall–Kier alpha value is -2.03. The van der Waals surface area contributed by atoms with Crippen molar-refractivity contribution in [1.82, 2.24) is 4.90 Å². The predicted octanol–water partition coefficient (Wildman–Crippen LogP) is 1.25. The number of benzene rings is 1. The van der Waals surface area contributed by atoms with Gasteiger partial charge in [0, 0.05) is 37.9 Å². The third kappa shape index (κ3) is 3.34. The summed E-state index contributed by atoms with van der Waals surface area (Å²) in [4.78, 5) is 18.2. The molecule has 23 heavy (non-hydrogen) atoms. The molecule has 124 valence electrons. The molecule has 3 rings (SSSR count). The Bertz CT molecular complexity index is 583. The molecule has 0 radical (unpaired) electrons. The third-order valence-corrected chi connectivity index (χ3v) is 4.08. The van der Waals surface area contributed by atoms with Crippen LogP contribution >= 0.6 is 0 Å². The van der Waals surface area contributed by atoms with E-state index >= 15 is 0 Å². The van der Waals surface area contributed by atoms with Gasteiger partial charge in [0.1, 0.15) is 0 Å². The van der Waals surface area contributed by atoms with Crippen molar-refractivity contribution in [2.75, 3.05) is 40.0 Å². The largest absolute Gasteiger partial charge is 0.384 e. The lowest BCUT2D eigenvalue weighted by Gasteiger charge is -2.33. The molecule has 0 aromatic heterocycles. The lowest BCUT2D eigenvalue weighted by atomic mass is 9.95. The van der Waals surface area contributed by atoms with Gasteiger partial charge in [-0.3, -0.25) is 15.0 Å². The van der Waals surface area contributed by atoms with E-state index in [-0.39, 0.29) is 17.8 Å². The highest BCUT2D eigenvalue weighted by Crippen LogP contribution is 2.27. The van der Waals surface area contributed by atoms with Crippen molar-refractivity contribution in [3.63, 3.8) is 0 Å². The van der Waals surface area contributed by atoms with Crippen molar-refractivity contribution >= 4 is 11.4 Å². The predicted molar refractivity (Wildman–Crippen MR) is 82.3 cm³/mol. The van der Waals surface area contributed by atoms with Crippen molar-refractivity contribution in [1.29, 1.82) is 0 Å². The molecule has 8 heteroatoms. The standard InChI is InChI=1S/C15H19N3O5/c1-21-10-13-14(11-2-4-12(5-3-11)18(19)20)16-23-15(13)17-6-8-22-9-7-17/h2-5,13,15H,6-10H2,1H3. The molecule has 0 aliphatic carbocycles. The number of methoxy groups -OCH3 is 1. The van der Waals surface area contributed by atoms with Crippen molar-refractivity contribution in [2.45, 2.75) is 6.23 Å². The summed E-state index contributed by atoms with van der Waals surface area (Å²) in [6.45, 7) is 3.39. The van der Waals surface area contributed by atoms with Crippen LogP contribution in [0.15, 0.2) is 29.4 Å². The number of nitrogens with zero attached hydrogens (tertiary/aromatic N) is 3. The quantitative estimate of drug-likeness (QED) is 0.599. The van der Waals surface area contributed by atoms with E-state index < -0.39 is 4.92 Å². The first-order valence-electron chi connectivity index (χ1n) is 7.50. The molecule has 0 bridgehead atoms. The summed E-state index contributed by atoms with van der Waals surface area (Å²) in [6.07, 6.45) is -0.191. The number of oxime groups is 1. The monoisotopic (exact) mass is 321 g/mol. The van der Waals surface area contributed by atoms with Gasteiger partial charge in [0.15, 0.2) is 6.23 Å². The van der Waals surface area contributed by atoms with Gasteiger partial charge < -0.3 is 14.3 Å². The lowest BCUT2D eigenvalue weighted by molar-refractivity contribution is -0.384. The zero-order valence-corrected chi connectivity index (χ0v) is 12.9. The van der Waals surface area contributed by atoms with E-state index in [1.165, 1.54) is 12.1 Å². The van der Waals surface area contributed by atoms with E-state index in [4.69, 9.17) is 14.3 Å². The fourth-order valence-electron chi connectivity index (χ4n) is 2.90. The molecule has 1 aromatic rings. The third-order valence-electron chi connectivity index (χ3n) is 4.08. The van der Waals surface area contributed by atoms with E-state index in [1.807, 2.05) is 0 Å². The SMILES string of the molecule is COCC1C(c2ccc([N+](=O)[O-])cc2)=NOC1N1CCOCC1. The van der Waals surface area contributed by atoms with E-state index in [9.17, 15) is 10.1 Å². The zero-order valence-electron chi connectivity index (χ0n) is 12.9. The van der Waals surface area contributed by atoms with Crippen molar-refractivity contribution in [3.05, 3.63) is 39.9 Å². The van der Waals surface area contributed by atoms with Crippen molar-refractivity contribution in [2.24, 2.45) is 11.1 Å². The average molecular weight is 321 g/mol. The maximum atomic E-state index is 10.8. The molecule has 0 amide bonds. The van der Waals surface area contributed by atoms with E-state index in [0.29, 0.717) is 19.8 Å². The summed E-state index contributed by atoms with van der Waals surface area (Å²) in [7, 11) is 1.64. The Morgan fingerprint density at radius 3 is 2.65 bits per heavy atom. The summed E-state index contributed by atoms with van der Waals surface area (Å²) in [5.41, 5.74) is 1.63. The van der Waals surface area contributed by atoms with Gasteiger partial charge >= 0.3 is 0 Å². The minimum atomic E-state index is -0.417. The van der Waals surface area contributed by atoms with Crippen molar-refractivity contribution < 1.29 is 19.2 Å². The fraction of sp³-hybridized carbons (Fsp3) is 0.533. The van der Waals surface area contributed by atoms with Crippen LogP contribution in [0.2, 0.25) is 0 Å². The normalized spacial score (nSPS) is 25.0. The average Bonchev–Trinajstić information content (AvgIpc) is 3.00. The Morgan fingerprint density at radius 1 is 1.35 bits per heavy atom. The number of nitro benzene ring substituents is 1. The first-order valence-corrected chi connectivity index (χ1v) is 7.50. The van der Waals surface area contributed by atoms with Gasteiger partial charge in [0.25, 0.3) is 5.69 Å². The van der Waals surface area contributed by atoms with Gasteiger partial charge in [-0.05, 0) is 12.1 Å². The van der Waals surface area contributed by atoms with Gasteiger partial charge in [0.2, 0.25) is 0 Å². The molecule has 0 spiro atoms. The Kier molecular flexibility index (Phi) is 4.85. The summed E-state index contributed by atoms with van der Waals surface area (Å²) < 4.78 is 10.7. The topological polar surface area (TPSA) is 86.4 Å². The van der Waals surface area contributed by atoms with Crippen LogP contribution in [0.5, 0.6) is 0 Å². The highest BCUT2D eigenvalue weighted by atomic mass is 16.7. The van der Waals surface area contributed by atoms with E-state index in [2.05, 4.69) is 10.1 Å². The van der Waals surface area contributed by atoms with E-state index in [1.54, 1.807) is 19.2 Å². The van der Waals surface area contributed by atoms with Crippen molar-refractivity contribution in [3.8, 4) is 0 Å². The first kappa shape index (κ1) is 15.9. The fourth-order valence-corrected chi connectivity index (χ4v) is 2.90. The van der Waals surface area contributed by atoms with Gasteiger partial charge in [0.05, 0.1) is 36.4 Å². The Balaban J connectivity index is 1.79.